The molecule has 2 amide bonds. The Labute approximate surface area is 178 Å². The predicted octanol–water partition coefficient (Wildman–Crippen LogP) is 3.90. The molecule has 1 N–H and O–H groups in total. The summed E-state index contributed by atoms with van der Waals surface area (Å²) in [5.41, 5.74) is 0.180. The average Bonchev–Trinajstić information content (AvgIpc) is 3.02. The van der Waals surface area contributed by atoms with Crippen molar-refractivity contribution >= 4 is 27.9 Å². The molecule has 7 heteroatoms. The summed E-state index contributed by atoms with van der Waals surface area (Å²) in [6.07, 6.45) is -0.193. The molecule has 2 atom stereocenters. The summed E-state index contributed by atoms with van der Waals surface area (Å²) in [6.45, 7) is 3.24. The number of hydrogen-bond donors (Lipinski definition) is 1. The summed E-state index contributed by atoms with van der Waals surface area (Å²) < 4.78 is 11.1. The molecule has 1 fully saturated rings. The van der Waals surface area contributed by atoms with E-state index in [9.17, 15) is 14.7 Å². The highest BCUT2D eigenvalue weighted by Crippen LogP contribution is 2.36. The minimum absolute atomic E-state index is 0.129. The van der Waals surface area contributed by atoms with Gasteiger partial charge in [0.25, 0.3) is 0 Å². The van der Waals surface area contributed by atoms with Crippen LogP contribution in [-0.4, -0.2) is 47.4 Å². The minimum atomic E-state index is -1.40. The largest absolute Gasteiger partial charge is 0.496 e. The summed E-state index contributed by atoms with van der Waals surface area (Å²) in [5.74, 6) is -0.829. The molecule has 0 bridgehead atoms. The number of hydrogen-bond acceptors (Lipinski definition) is 5. The molecule has 1 aliphatic heterocycles. The van der Waals surface area contributed by atoms with E-state index in [1.807, 2.05) is 30.3 Å². The van der Waals surface area contributed by atoms with E-state index < -0.39 is 29.6 Å². The first kappa shape index (κ1) is 21.3. The summed E-state index contributed by atoms with van der Waals surface area (Å²) in [7, 11) is 1.55. The fraction of sp³-hybridized carbons (Fsp3) is 0.364. The van der Waals surface area contributed by atoms with Crippen LogP contribution in [0.4, 0.5) is 4.79 Å². The van der Waals surface area contributed by atoms with Crippen molar-refractivity contribution in [3.63, 3.8) is 0 Å². The van der Waals surface area contributed by atoms with Crippen molar-refractivity contribution in [3.8, 4) is 5.75 Å². The lowest BCUT2D eigenvalue weighted by Crippen LogP contribution is -2.48. The monoisotopic (exact) mass is 461 g/mol. The van der Waals surface area contributed by atoms with E-state index in [2.05, 4.69) is 15.9 Å². The van der Waals surface area contributed by atoms with Crippen LogP contribution in [0.2, 0.25) is 0 Å². The quantitative estimate of drug-likeness (QED) is 0.705. The number of nitrogens with zero attached hydrogens (tertiary/aromatic N) is 1. The second-order valence-corrected chi connectivity index (χ2v) is 8.46. The molecule has 29 heavy (non-hydrogen) atoms. The molecule has 1 aliphatic rings. The Morgan fingerprint density at radius 3 is 2.59 bits per heavy atom. The van der Waals surface area contributed by atoms with Crippen molar-refractivity contribution in [2.45, 2.75) is 37.8 Å². The van der Waals surface area contributed by atoms with E-state index in [0.717, 1.165) is 10.5 Å². The fourth-order valence-corrected chi connectivity index (χ4v) is 4.18. The molecule has 0 aliphatic carbocycles. The van der Waals surface area contributed by atoms with Crippen LogP contribution in [0, 0.1) is 0 Å². The second kappa shape index (κ2) is 8.55. The van der Waals surface area contributed by atoms with E-state index in [-0.39, 0.29) is 6.61 Å². The Kier molecular flexibility index (Phi) is 6.29. The first-order valence-electron chi connectivity index (χ1n) is 9.32. The van der Waals surface area contributed by atoms with Gasteiger partial charge in [-0.2, -0.15) is 0 Å². The van der Waals surface area contributed by atoms with E-state index >= 15 is 0 Å². The maximum atomic E-state index is 13.5. The topological polar surface area (TPSA) is 76.1 Å². The standard InChI is InChI=1S/C22H24BrNO5/c1-22(2,27)19(15-9-10-18(28-3)17(23)12-15)20(25)24-16(13-29-21(24)26)11-14-7-5-4-6-8-14/h4-10,12,16,19,27H,11,13H2,1-3H3. The number of halogens is 1. The summed E-state index contributed by atoms with van der Waals surface area (Å²) in [4.78, 5) is 27.1. The van der Waals surface area contributed by atoms with E-state index in [1.165, 1.54) is 0 Å². The first-order chi connectivity index (χ1) is 13.7. The number of ether oxygens (including phenoxy) is 2. The van der Waals surface area contributed by atoms with E-state index in [1.54, 1.807) is 39.2 Å². The van der Waals surface area contributed by atoms with Gasteiger partial charge >= 0.3 is 6.09 Å². The Bertz CT molecular complexity index is 894. The molecular formula is C22H24BrNO5. The highest BCUT2D eigenvalue weighted by Gasteiger charge is 2.45. The molecule has 1 saturated heterocycles. The van der Waals surface area contributed by atoms with Crippen molar-refractivity contribution in [2.75, 3.05) is 13.7 Å². The SMILES string of the molecule is COc1ccc(C(C(=O)N2C(=O)OCC2Cc2ccccc2)C(C)(C)O)cc1Br. The highest BCUT2D eigenvalue weighted by atomic mass is 79.9. The van der Waals surface area contributed by atoms with Crippen LogP contribution < -0.4 is 4.74 Å². The van der Waals surface area contributed by atoms with Crippen LogP contribution in [-0.2, 0) is 16.0 Å². The smallest absolute Gasteiger partial charge is 0.417 e. The van der Waals surface area contributed by atoms with Gasteiger partial charge in [0, 0.05) is 0 Å². The number of imide groups is 1. The third-order valence-corrected chi connectivity index (χ3v) is 5.59. The van der Waals surface area contributed by atoms with Gasteiger partial charge < -0.3 is 14.6 Å². The van der Waals surface area contributed by atoms with Crippen molar-refractivity contribution < 1.29 is 24.2 Å². The maximum absolute atomic E-state index is 13.5. The van der Waals surface area contributed by atoms with Gasteiger partial charge in [-0.3, -0.25) is 4.79 Å². The number of carbonyl (C=O) groups is 2. The van der Waals surface area contributed by atoms with Crippen molar-refractivity contribution in [2.24, 2.45) is 0 Å². The molecule has 3 rings (SSSR count). The molecule has 2 aromatic rings. The third kappa shape index (κ3) is 4.62. The van der Waals surface area contributed by atoms with Crippen LogP contribution in [0.25, 0.3) is 0 Å². The van der Waals surface area contributed by atoms with Crippen molar-refractivity contribution in [1.29, 1.82) is 0 Å². The van der Waals surface area contributed by atoms with Crippen LogP contribution in [0.15, 0.2) is 53.0 Å². The normalized spacial score (nSPS) is 17.8. The van der Waals surface area contributed by atoms with Crippen LogP contribution in [0.3, 0.4) is 0 Å². The van der Waals surface area contributed by atoms with Crippen molar-refractivity contribution in [1.82, 2.24) is 4.90 Å². The zero-order valence-corrected chi connectivity index (χ0v) is 18.2. The molecular weight excluding hydrogens is 438 g/mol. The lowest BCUT2D eigenvalue weighted by molar-refractivity contribution is -0.136. The third-order valence-electron chi connectivity index (χ3n) is 4.98. The number of benzene rings is 2. The van der Waals surface area contributed by atoms with Gasteiger partial charge in [-0.1, -0.05) is 36.4 Å². The molecule has 0 saturated carbocycles. The zero-order chi connectivity index (χ0) is 21.2. The molecule has 0 spiro atoms. The van der Waals surface area contributed by atoms with Gasteiger partial charge in [0.2, 0.25) is 5.91 Å². The number of carbonyl (C=O) groups excluding carboxylic acids is 2. The Balaban J connectivity index is 1.94. The number of methoxy groups -OCH3 is 1. The number of aliphatic hydroxyl groups is 1. The fourth-order valence-electron chi connectivity index (χ4n) is 3.62. The van der Waals surface area contributed by atoms with Gasteiger partial charge in [0.15, 0.2) is 0 Å². The minimum Gasteiger partial charge on any atom is -0.496 e. The molecule has 2 aromatic carbocycles. The molecule has 154 valence electrons. The Hall–Kier alpha value is -2.38. The Morgan fingerprint density at radius 2 is 2.00 bits per heavy atom. The summed E-state index contributed by atoms with van der Waals surface area (Å²) >= 11 is 3.42. The van der Waals surface area contributed by atoms with Gasteiger partial charge in [-0.15, -0.1) is 0 Å². The average molecular weight is 462 g/mol. The van der Waals surface area contributed by atoms with E-state index in [0.29, 0.717) is 22.2 Å². The van der Waals surface area contributed by atoms with Gasteiger partial charge in [0.05, 0.1) is 29.1 Å². The molecule has 2 unspecified atom stereocenters. The van der Waals surface area contributed by atoms with E-state index in [4.69, 9.17) is 9.47 Å². The zero-order valence-electron chi connectivity index (χ0n) is 16.6. The molecule has 0 radical (unpaired) electrons. The summed E-state index contributed by atoms with van der Waals surface area (Å²) in [6, 6.07) is 14.4. The second-order valence-electron chi connectivity index (χ2n) is 7.61. The highest BCUT2D eigenvalue weighted by molar-refractivity contribution is 9.10. The number of rotatable bonds is 6. The lowest BCUT2D eigenvalue weighted by atomic mass is 9.83. The predicted molar refractivity (Wildman–Crippen MR) is 112 cm³/mol. The maximum Gasteiger partial charge on any atom is 0.417 e. The number of amides is 2. The number of cyclic esters (lactones) is 1. The van der Waals surface area contributed by atoms with Gasteiger partial charge in [-0.25, -0.2) is 9.69 Å². The van der Waals surface area contributed by atoms with Gasteiger partial charge in [-0.05, 0) is 59.5 Å². The van der Waals surface area contributed by atoms with Crippen LogP contribution in [0.5, 0.6) is 5.75 Å². The lowest BCUT2D eigenvalue weighted by Gasteiger charge is -2.32. The Morgan fingerprint density at radius 1 is 1.31 bits per heavy atom. The molecule has 6 nitrogen and oxygen atoms in total. The molecule has 0 aromatic heterocycles. The van der Waals surface area contributed by atoms with Crippen LogP contribution in [0.1, 0.15) is 30.9 Å². The summed E-state index contributed by atoms with van der Waals surface area (Å²) in [5, 5.41) is 10.8. The van der Waals surface area contributed by atoms with Crippen LogP contribution >= 0.6 is 15.9 Å². The molecule has 1 heterocycles. The van der Waals surface area contributed by atoms with Crippen molar-refractivity contribution in [3.05, 3.63) is 64.1 Å². The first-order valence-corrected chi connectivity index (χ1v) is 10.1. The van der Waals surface area contributed by atoms with Gasteiger partial charge in [0.1, 0.15) is 12.4 Å².